The molecule has 2 aliphatic heterocycles. The van der Waals surface area contributed by atoms with Crippen molar-refractivity contribution in [3.63, 3.8) is 0 Å². The van der Waals surface area contributed by atoms with E-state index in [4.69, 9.17) is 0 Å². The Morgan fingerprint density at radius 3 is 2.57 bits per heavy atom. The first kappa shape index (κ1) is 19.4. The van der Waals surface area contributed by atoms with E-state index in [2.05, 4.69) is 9.97 Å². The Morgan fingerprint density at radius 1 is 1.10 bits per heavy atom. The molecule has 6 nitrogen and oxygen atoms in total. The fourth-order valence-corrected chi connectivity index (χ4v) is 5.46. The summed E-state index contributed by atoms with van der Waals surface area (Å²) in [6.45, 7) is 0.650. The van der Waals surface area contributed by atoms with Crippen LogP contribution in [0.4, 0.5) is 18.9 Å². The first-order chi connectivity index (χ1) is 14.2. The number of halogens is 3. The number of pyridine rings is 1. The molecule has 0 unspecified atom stereocenters. The van der Waals surface area contributed by atoms with Crippen LogP contribution in [-0.2, 0) is 10.0 Å². The zero-order chi connectivity index (χ0) is 21.1. The molecule has 0 saturated carbocycles. The summed E-state index contributed by atoms with van der Waals surface area (Å²) in [7, 11) is -3.66. The Kier molecular flexibility index (Phi) is 4.33. The molecule has 158 valence electrons. The number of hydrogen-bond acceptors (Lipinski definition) is 4. The van der Waals surface area contributed by atoms with Gasteiger partial charge in [0.15, 0.2) is 0 Å². The Hall–Kier alpha value is -2.59. The minimum Gasteiger partial charge on any atom is -0.365 e. The smallest absolute Gasteiger partial charge is 0.266 e. The van der Waals surface area contributed by atoms with E-state index in [0.717, 1.165) is 12.6 Å². The van der Waals surface area contributed by atoms with E-state index in [1.807, 2.05) is 0 Å². The molecule has 2 aliphatic rings. The highest BCUT2D eigenvalue weighted by Gasteiger charge is 2.39. The average molecular weight is 436 g/mol. The molecule has 2 saturated heterocycles. The number of H-pyrrole nitrogens is 1. The SMILES string of the molecule is O=S(=O)(c1ccc(N2CCC(F)(F)C2)c(-c2cc3ncc(F)cc3[nH]2)c1)N1CCC1. The molecule has 0 aliphatic carbocycles. The third kappa shape index (κ3) is 3.24. The van der Waals surface area contributed by atoms with Gasteiger partial charge in [-0.05, 0) is 30.7 Å². The number of aromatic amines is 1. The number of benzene rings is 1. The number of anilines is 1. The van der Waals surface area contributed by atoms with E-state index in [9.17, 15) is 21.6 Å². The van der Waals surface area contributed by atoms with Crippen molar-refractivity contribution in [2.24, 2.45) is 0 Å². The van der Waals surface area contributed by atoms with Crippen molar-refractivity contribution in [1.82, 2.24) is 14.3 Å². The van der Waals surface area contributed by atoms with Gasteiger partial charge in [0.1, 0.15) is 5.82 Å². The highest BCUT2D eigenvalue weighted by molar-refractivity contribution is 7.89. The van der Waals surface area contributed by atoms with Crippen molar-refractivity contribution in [2.75, 3.05) is 31.1 Å². The number of aromatic nitrogens is 2. The summed E-state index contributed by atoms with van der Waals surface area (Å²) in [4.78, 5) is 8.73. The van der Waals surface area contributed by atoms with Crippen molar-refractivity contribution in [2.45, 2.75) is 23.7 Å². The minimum absolute atomic E-state index is 0.102. The summed E-state index contributed by atoms with van der Waals surface area (Å²) in [6, 6.07) is 7.49. The highest BCUT2D eigenvalue weighted by atomic mass is 32.2. The Balaban J connectivity index is 1.65. The molecule has 0 amide bonds. The summed E-state index contributed by atoms with van der Waals surface area (Å²) in [5.74, 6) is -3.31. The van der Waals surface area contributed by atoms with Crippen LogP contribution in [0, 0.1) is 5.82 Å². The largest absolute Gasteiger partial charge is 0.365 e. The van der Waals surface area contributed by atoms with E-state index in [0.29, 0.717) is 41.1 Å². The van der Waals surface area contributed by atoms with Crippen LogP contribution in [0.2, 0.25) is 0 Å². The lowest BCUT2D eigenvalue weighted by molar-refractivity contribution is 0.0257. The summed E-state index contributed by atoms with van der Waals surface area (Å²) < 4.78 is 68.4. The lowest BCUT2D eigenvalue weighted by atomic mass is 10.1. The Labute approximate surface area is 171 Å². The van der Waals surface area contributed by atoms with Crippen molar-refractivity contribution in [3.8, 4) is 11.3 Å². The van der Waals surface area contributed by atoms with Crippen LogP contribution in [-0.4, -0.2) is 54.8 Å². The lowest BCUT2D eigenvalue weighted by Crippen LogP contribution is -2.41. The molecule has 3 aromatic rings. The number of fused-ring (bicyclic) bond motifs is 1. The van der Waals surface area contributed by atoms with Gasteiger partial charge >= 0.3 is 0 Å². The van der Waals surface area contributed by atoms with Gasteiger partial charge in [-0.15, -0.1) is 0 Å². The normalized spacial score (nSPS) is 19.4. The van der Waals surface area contributed by atoms with E-state index in [1.54, 1.807) is 17.0 Å². The van der Waals surface area contributed by atoms with Crippen molar-refractivity contribution >= 4 is 26.7 Å². The van der Waals surface area contributed by atoms with Gasteiger partial charge in [-0.2, -0.15) is 4.31 Å². The van der Waals surface area contributed by atoms with Crippen LogP contribution < -0.4 is 4.90 Å². The van der Waals surface area contributed by atoms with Gasteiger partial charge in [0, 0.05) is 43.4 Å². The quantitative estimate of drug-likeness (QED) is 0.679. The van der Waals surface area contributed by atoms with Gasteiger partial charge < -0.3 is 9.88 Å². The molecule has 4 heterocycles. The number of rotatable bonds is 4. The molecule has 10 heteroatoms. The van der Waals surface area contributed by atoms with E-state index in [-0.39, 0.29) is 17.9 Å². The molecular formula is C20H19F3N4O2S. The lowest BCUT2D eigenvalue weighted by Gasteiger charge is -2.30. The van der Waals surface area contributed by atoms with Crippen LogP contribution >= 0.6 is 0 Å². The molecule has 2 fully saturated rings. The van der Waals surface area contributed by atoms with E-state index < -0.39 is 28.3 Å². The van der Waals surface area contributed by atoms with E-state index in [1.165, 1.54) is 22.5 Å². The fraction of sp³-hybridized carbons (Fsp3) is 0.350. The molecule has 30 heavy (non-hydrogen) atoms. The molecule has 2 aromatic heterocycles. The van der Waals surface area contributed by atoms with Gasteiger partial charge in [0.05, 0.1) is 34.4 Å². The number of hydrogen-bond donors (Lipinski definition) is 1. The second-order valence-electron chi connectivity index (χ2n) is 7.73. The maximum atomic E-state index is 13.9. The molecule has 1 N–H and O–H groups in total. The van der Waals surface area contributed by atoms with Crippen LogP contribution in [0.3, 0.4) is 0 Å². The monoisotopic (exact) mass is 436 g/mol. The molecule has 0 atom stereocenters. The standard InChI is InChI=1S/C20H19F3N4O2S/c21-13-8-18-17(24-11-13)10-16(25-18)15-9-14(30(28,29)27-5-1-6-27)2-3-19(15)26-7-4-20(22,23)12-26/h2-3,8-11,25H,1,4-7,12H2. The molecule has 1 aromatic carbocycles. The summed E-state index contributed by atoms with van der Waals surface area (Å²) in [5, 5.41) is 0. The molecule has 0 bridgehead atoms. The Bertz CT molecular complexity index is 1240. The first-order valence-electron chi connectivity index (χ1n) is 9.65. The van der Waals surface area contributed by atoms with E-state index >= 15 is 0 Å². The van der Waals surface area contributed by atoms with Gasteiger partial charge in [-0.1, -0.05) is 0 Å². The van der Waals surface area contributed by atoms with Crippen molar-refractivity contribution in [3.05, 3.63) is 42.3 Å². The van der Waals surface area contributed by atoms with Crippen molar-refractivity contribution < 1.29 is 21.6 Å². The van der Waals surface area contributed by atoms with Gasteiger partial charge in [-0.3, -0.25) is 4.98 Å². The zero-order valence-electron chi connectivity index (χ0n) is 15.9. The maximum absolute atomic E-state index is 13.9. The second kappa shape index (κ2) is 6.71. The van der Waals surface area contributed by atoms with Crippen LogP contribution in [0.25, 0.3) is 22.3 Å². The number of nitrogens with one attached hydrogen (secondary N) is 1. The predicted octanol–water partition coefficient (Wildman–Crippen LogP) is 3.61. The number of nitrogens with zero attached hydrogens (tertiary/aromatic N) is 3. The first-order valence-corrected chi connectivity index (χ1v) is 11.1. The Morgan fingerprint density at radius 2 is 1.90 bits per heavy atom. The number of sulfonamides is 1. The van der Waals surface area contributed by atoms with Crippen LogP contribution in [0.1, 0.15) is 12.8 Å². The summed E-state index contributed by atoms with van der Waals surface area (Å²) in [5.41, 5.74) is 2.40. The van der Waals surface area contributed by atoms with Gasteiger partial charge in [-0.25, -0.2) is 21.6 Å². The van der Waals surface area contributed by atoms with Crippen LogP contribution in [0.5, 0.6) is 0 Å². The average Bonchev–Trinajstić information content (AvgIpc) is 3.21. The second-order valence-corrected chi connectivity index (χ2v) is 9.67. The van der Waals surface area contributed by atoms with Crippen molar-refractivity contribution in [1.29, 1.82) is 0 Å². The minimum atomic E-state index is -3.66. The summed E-state index contributed by atoms with van der Waals surface area (Å²) >= 11 is 0. The van der Waals surface area contributed by atoms with Gasteiger partial charge in [0.2, 0.25) is 10.0 Å². The van der Waals surface area contributed by atoms with Gasteiger partial charge in [0.25, 0.3) is 5.92 Å². The summed E-state index contributed by atoms with van der Waals surface area (Å²) in [6.07, 6.45) is 1.64. The third-order valence-electron chi connectivity index (χ3n) is 5.66. The zero-order valence-corrected chi connectivity index (χ0v) is 16.7. The fourth-order valence-electron chi connectivity index (χ4n) is 3.91. The number of alkyl halides is 2. The highest BCUT2D eigenvalue weighted by Crippen LogP contribution is 2.39. The van der Waals surface area contributed by atoms with Crippen LogP contribution in [0.15, 0.2) is 41.4 Å². The molecule has 5 rings (SSSR count). The molecule has 0 spiro atoms. The molecular weight excluding hydrogens is 417 g/mol. The maximum Gasteiger partial charge on any atom is 0.266 e. The molecule has 0 radical (unpaired) electrons. The third-order valence-corrected chi connectivity index (χ3v) is 7.55. The predicted molar refractivity (Wildman–Crippen MR) is 107 cm³/mol. The topological polar surface area (TPSA) is 69.3 Å².